The third-order valence-electron chi connectivity index (χ3n) is 7.58. The highest BCUT2D eigenvalue weighted by molar-refractivity contribution is 6.19. The first-order chi connectivity index (χ1) is 22.0. The molecule has 0 spiro atoms. The number of phenols is 2. The van der Waals surface area contributed by atoms with Crippen LogP contribution in [0.3, 0.4) is 0 Å². The van der Waals surface area contributed by atoms with E-state index >= 15 is 0 Å². The minimum Gasteiger partial charge on any atom is -0.507 e. The van der Waals surface area contributed by atoms with Crippen molar-refractivity contribution in [3.05, 3.63) is 80.2 Å². The maximum atomic E-state index is 13.2. The van der Waals surface area contributed by atoms with Gasteiger partial charge in [-0.05, 0) is 56.2 Å². The zero-order chi connectivity index (χ0) is 34.0. The Morgan fingerprint density at radius 1 is 0.761 bits per heavy atom. The second-order valence-corrected chi connectivity index (χ2v) is 12.0. The SMILES string of the molecule is C=c1c(C)c(O)c(=COC(=O)c2ccc(C)c(N(CCCl)CCCl)c2)c(COC(=O)c2ccc(C)c(N(CCCl)CCCl)c2)c1O. The standard InChI is InChI=1S/C34H38Cl4N2O6/c1-21-5-7-25(17-29(21)39(13-9-35)14-10-36)33(43)45-19-27-28(32(42)24(4)23(3)31(27)41)20-46-34(44)26-8-6-22(2)30(18-26)40(15-11-37)16-12-38/h5-8,17-18,20,41-42H,3,9-16,19H2,1-2,4H3. The molecular weight excluding hydrogens is 674 g/mol. The van der Waals surface area contributed by atoms with Gasteiger partial charge in [-0.2, -0.15) is 0 Å². The number of nitrogens with zero attached hydrogens (tertiary/aromatic N) is 2. The molecule has 0 aromatic heterocycles. The van der Waals surface area contributed by atoms with E-state index in [9.17, 15) is 19.8 Å². The molecule has 3 aromatic rings. The molecule has 0 radical (unpaired) electrons. The summed E-state index contributed by atoms with van der Waals surface area (Å²) < 4.78 is 11.1. The summed E-state index contributed by atoms with van der Waals surface area (Å²) >= 11 is 23.9. The van der Waals surface area contributed by atoms with Gasteiger partial charge >= 0.3 is 11.9 Å². The Bertz CT molecular complexity index is 1650. The first-order valence-corrected chi connectivity index (χ1v) is 16.7. The number of alkyl halides is 4. The molecule has 0 aliphatic heterocycles. The molecule has 0 atom stereocenters. The smallest absolute Gasteiger partial charge is 0.343 e. The summed E-state index contributed by atoms with van der Waals surface area (Å²) in [6.07, 6.45) is 1.03. The quantitative estimate of drug-likeness (QED) is 0.113. The van der Waals surface area contributed by atoms with E-state index in [2.05, 4.69) is 6.58 Å². The van der Waals surface area contributed by atoms with Gasteiger partial charge in [0.05, 0.1) is 16.3 Å². The van der Waals surface area contributed by atoms with Gasteiger partial charge in [-0.15, -0.1) is 46.4 Å². The van der Waals surface area contributed by atoms with Crippen molar-refractivity contribution >= 4 is 82.6 Å². The van der Waals surface area contributed by atoms with E-state index in [-0.39, 0.29) is 44.2 Å². The summed E-state index contributed by atoms with van der Waals surface area (Å²) in [6.45, 7) is 10.9. The van der Waals surface area contributed by atoms with E-state index in [1.165, 1.54) is 0 Å². The molecule has 46 heavy (non-hydrogen) atoms. The third-order valence-corrected chi connectivity index (χ3v) is 8.26. The number of rotatable bonds is 15. The van der Waals surface area contributed by atoms with Crippen molar-refractivity contribution in [3.8, 4) is 11.5 Å². The maximum Gasteiger partial charge on any atom is 0.343 e. The van der Waals surface area contributed by atoms with Crippen LogP contribution in [0.5, 0.6) is 11.5 Å². The lowest BCUT2D eigenvalue weighted by atomic mass is 10.0. The fourth-order valence-electron chi connectivity index (χ4n) is 4.92. The predicted octanol–water partition coefficient (Wildman–Crippen LogP) is 5.95. The van der Waals surface area contributed by atoms with Crippen LogP contribution >= 0.6 is 46.4 Å². The number of ether oxygens (including phenoxy) is 2. The van der Waals surface area contributed by atoms with E-state index in [0.29, 0.717) is 49.7 Å². The average molecular weight is 712 g/mol. The van der Waals surface area contributed by atoms with Crippen LogP contribution in [0.1, 0.15) is 43.0 Å². The Labute approximate surface area is 289 Å². The molecule has 248 valence electrons. The number of aromatic hydroxyl groups is 2. The van der Waals surface area contributed by atoms with Crippen LogP contribution in [-0.4, -0.2) is 71.9 Å². The van der Waals surface area contributed by atoms with Crippen LogP contribution in [0.25, 0.3) is 12.8 Å². The van der Waals surface area contributed by atoms with Gasteiger partial charge < -0.3 is 29.5 Å². The second-order valence-electron chi connectivity index (χ2n) is 10.5. The minimum absolute atomic E-state index is 0.0208. The van der Waals surface area contributed by atoms with Crippen molar-refractivity contribution in [2.75, 3.05) is 59.5 Å². The fourth-order valence-corrected chi connectivity index (χ4v) is 5.73. The van der Waals surface area contributed by atoms with E-state index in [0.717, 1.165) is 28.8 Å². The lowest BCUT2D eigenvalue weighted by Crippen LogP contribution is -2.28. The van der Waals surface area contributed by atoms with Crippen LogP contribution in [0.15, 0.2) is 36.4 Å². The zero-order valence-corrected chi connectivity index (χ0v) is 29.1. The third kappa shape index (κ3) is 8.94. The molecule has 0 aliphatic carbocycles. The number of esters is 2. The van der Waals surface area contributed by atoms with Crippen LogP contribution in [0, 0.1) is 20.8 Å². The van der Waals surface area contributed by atoms with Crippen molar-refractivity contribution in [2.24, 2.45) is 0 Å². The number of benzene rings is 3. The normalized spacial score (nSPS) is 11.4. The molecule has 0 unspecified atom stereocenters. The van der Waals surface area contributed by atoms with E-state index in [1.807, 2.05) is 23.6 Å². The van der Waals surface area contributed by atoms with E-state index < -0.39 is 18.5 Å². The van der Waals surface area contributed by atoms with Gasteiger partial charge in [0.15, 0.2) is 0 Å². The molecule has 0 saturated carbocycles. The van der Waals surface area contributed by atoms with Crippen molar-refractivity contribution < 1.29 is 29.3 Å². The van der Waals surface area contributed by atoms with Crippen molar-refractivity contribution in [1.29, 1.82) is 0 Å². The largest absolute Gasteiger partial charge is 0.507 e. The van der Waals surface area contributed by atoms with Gasteiger partial charge in [0.1, 0.15) is 24.4 Å². The Balaban J connectivity index is 1.93. The highest BCUT2D eigenvalue weighted by atomic mass is 35.5. The molecule has 0 bridgehead atoms. The summed E-state index contributed by atoms with van der Waals surface area (Å²) in [5.41, 5.74) is 4.25. The number of hydrogen-bond donors (Lipinski definition) is 2. The summed E-state index contributed by atoms with van der Waals surface area (Å²) in [5, 5.41) is 22.1. The zero-order valence-electron chi connectivity index (χ0n) is 26.0. The number of carbonyl (C=O) groups is 2. The van der Waals surface area contributed by atoms with Gasteiger partial charge in [0, 0.05) is 77.4 Å². The Morgan fingerprint density at radius 2 is 1.22 bits per heavy atom. The molecule has 12 heteroatoms. The fraction of sp³-hybridized carbons (Fsp3) is 0.353. The Morgan fingerprint density at radius 3 is 1.67 bits per heavy atom. The summed E-state index contributed by atoms with van der Waals surface area (Å²) in [6, 6.07) is 10.2. The van der Waals surface area contributed by atoms with Crippen LogP contribution in [-0.2, 0) is 16.1 Å². The van der Waals surface area contributed by atoms with Crippen molar-refractivity contribution in [3.63, 3.8) is 0 Å². The highest BCUT2D eigenvalue weighted by Gasteiger charge is 2.19. The molecule has 3 rings (SSSR count). The van der Waals surface area contributed by atoms with E-state index in [1.54, 1.807) is 43.3 Å². The minimum atomic E-state index is -0.707. The predicted molar refractivity (Wildman–Crippen MR) is 188 cm³/mol. The molecule has 3 aromatic carbocycles. The van der Waals surface area contributed by atoms with Crippen molar-refractivity contribution in [1.82, 2.24) is 0 Å². The number of halogens is 4. The highest BCUT2D eigenvalue weighted by Crippen LogP contribution is 2.25. The number of anilines is 2. The second kappa shape index (κ2) is 17.6. The van der Waals surface area contributed by atoms with Crippen molar-refractivity contribution in [2.45, 2.75) is 27.4 Å². The van der Waals surface area contributed by atoms with Crippen LogP contribution < -0.4 is 20.2 Å². The first-order valence-electron chi connectivity index (χ1n) is 14.5. The number of aryl methyl sites for hydroxylation is 2. The lowest BCUT2D eigenvalue weighted by molar-refractivity contribution is 0.0467. The van der Waals surface area contributed by atoms with Crippen LogP contribution in [0.2, 0.25) is 0 Å². The Hall–Kier alpha value is -3.30. The monoisotopic (exact) mass is 710 g/mol. The molecule has 2 N–H and O–H groups in total. The maximum absolute atomic E-state index is 13.2. The number of carbonyl (C=O) groups excluding carboxylic acids is 2. The van der Waals surface area contributed by atoms with Crippen LogP contribution in [0.4, 0.5) is 11.4 Å². The molecule has 0 saturated heterocycles. The average Bonchev–Trinajstić information content (AvgIpc) is 3.04. The molecule has 8 nitrogen and oxygen atoms in total. The molecular formula is C34H38Cl4N2O6. The number of phenolic OH excluding ortho intramolecular Hbond substituents is 2. The summed E-state index contributed by atoms with van der Waals surface area (Å²) in [4.78, 5) is 30.3. The summed E-state index contributed by atoms with van der Waals surface area (Å²) in [7, 11) is 0. The first kappa shape index (κ1) is 37.2. The lowest BCUT2D eigenvalue weighted by Gasteiger charge is -2.25. The molecule has 0 aliphatic rings. The number of hydrogen-bond acceptors (Lipinski definition) is 8. The summed E-state index contributed by atoms with van der Waals surface area (Å²) in [5.74, 6) is -0.450. The van der Waals surface area contributed by atoms with Gasteiger partial charge in [0.25, 0.3) is 0 Å². The van der Waals surface area contributed by atoms with Gasteiger partial charge in [-0.3, -0.25) is 0 Å². The van der Waals surface area contributed by atoms with Gasteiger partial charge in [0.2, 0.25) is 0 Å². The van der Waals surface area contributed by atoms with Gasteiger partial charge in [-0.1, -0.05) is 18.7 Å². The van der Waals surface area contributed by atoms with E-state index in [4.69, 9.17) is 55.9 Å². The topological polar surface area (TPSA) is 99.5 Å². The van der Waals surface area contributed by atoms with Gasteiger partial charge in [-0.25, -0.2) is 9.59 Å². The molecule has 0 fully saturated rings. The molecule has 0 amide bonds. The molecule has 0 heterocycles. The Kier molecular flexibility index (Phi) is 14.2.